The van der Waals surface area contributed by atoms with Crippen LogP contribution in [0.5, 0.6) is 5.75 Å². The van der Waals surface area contributed by atoms with Gasteiger partial charge in [0.1, 0.15) is 28.7 Å². The van der Waals surface area contributed by atoms with Crippen molar-refractivity contribution in [3.63, 3.8) is 0 Å². The predicted molar refractivity (Wildman–Crippen MR) is 183 cm³/mol. The first-order valence-electron chi connectivity index (χ1n) is 15.3. The number of nitrogens with zero attached hydrogens (tertiary/aromatic N) is 5. The number of morpholine rings is 1. The first kappa shape index (κ1) is 32.8. The van der Waals surface area contributed by atoms with E-state index in [-0.39, 0.29) is 0 Å². The number of nitrogens with one attached hydrogen (secondary N) is 1. The van der Waals surface area contributed by atoms with E-state index in [0.29, 0.717) is 41.9 Å². The Morgan fingerprint density at radius 2 is 1.69 bits per heavy atom. The summed E-state index contributed by atoms with van der Waals surface area (Å²) in [6.07, 6.45) is 3.64. The lowest BCUT2D eigenvalue weighted by Gasteiger charge is -2.29. The van der Waals surface area contributed by atoms with Gasteiger partial charge in [0.15, 0.2) is 0 Å². The van der Waals surface area contributed by atoms with Gasteiger partial charge in [0.05, 0.1) is 55.8 Å². The minimum atomic E-state index is -0.713. The summed E-state index contributed by atoms with van der Waals surface area (Å²) in [6, 6.07) is 24.4. The van der Waals surface area contributed by atoms with Crippen LogP contribution in [0.3, 0.4) is 0 Å². The van der Waals surface area contributed by atoms with Gasteiger partial charge in [-0.1, -0.05) is 24.3 Å². The molecule has 6 aromatic rings. The Morgan fingerprint density at radius 1 is 0.918 bits per heavy atom. The number of hydrogen-bond acceptors (Lipinski definition) is 10. The molecular formula is C36H33F2N7O4. The zero-order valence-electron chi connectivity index (χ0n) is 26.8. The van der Waals surface area contributed by atoms with Crippen LogP contribution in [0, 0.1) is 11.6 Å². The van der Waals surface area contributed by atoms with Crippen LogP contribution in [-0.4, -0.2) is 65.8 Å². The number of anilines is 4. The summed E-state index contributed by atoms with van der Waals surface area (Å²) in [5.41, 5.74) is 10.4. The molecule has 0 amide bonds. The van der Waals surface area contributed by atoms with E-state index < -0.39 is 23.3 Å². The van der Waals surface area contributed by atoms with Crippen LogP contribution in [0.25, 0.3) is 28.3 Å². The van der Waals surface area contributed by atoms with Crippen LogP contribution < -0.4 is 20.7 Å². The van der Waals surface area contributed by atoms with Crippen LogP contribution in [0.1, 0.15) is 10.4 Å². The molecule has 11 nitrogen and oxygen atoms in total. The summed E-state index contributed by atoms with van der Waals surface area (Å²) in [5.74, 6) is -0.734. The third-order valence-electron chi connectivity index (χ3n) is 7.79. The molecule has 1 aliphatic rings. The van der Waals surface area contributed by atoms with Gasteiger partial charge in [-0.3, -0.25) is 4.40 Å². The predicted octanol–water partition coefficient (Wildman–Crippen LogP) is 6.38. The molecule has 3 aromatic carbocycles. The van der Waals surface area contributed by atoms with Crippen molar-refractivity contribution in [2.24, 2.45) is 0 Å². The second-order valence-corrected chi connectivity index (χ2v) is 10.8. The highest BCUT2D eigenvalue weighted by molar-refractivity contribution is 5.92. The first-order chi connectivity index (χ1) is 23.9. The van der Waals surface area contributed by atoms with Crippen molar-refractivity contribution < 1.29 is 27.8 Å². The molecule has 0 bridgehead atoms. The number of carbonyl (C=O) groups excluding carboxylic acids is 1. The van der Waals surface area contributed by atoms with Crippen molar-refractivity contribution in [3.8, 4) is 28.4 Å². The lowest BCUT2D eigenvalue weighted by atomic mass is 10.1. The molecule has 0 radical (unpaired) electrons. The van der Waals surface area contributed by atoms with Crippen molar-refractivity contribution in [1.29, 1.82) is 0 Å². The van der Waals surface area contributed by atoms with Crippen LogP contribution >= 0.6 is 0 Å². The zero-order valence-corrected chi connectivity index (χ0v) is 26.8. The summed E-state index contributed by atoms with van der Waals surface area (Å²) in [4.78, 5) is 28.7. The third-order valence-corrected chi connectivity index (χ3v) is 7.79. The molecule has 0 aliphatic carbocycles. The maximum atomic E-state index is 12.2. The molecule has 1 saturated heterocycles. The molecule has 7 rings (SSSR count). The Labute approximate surface area is 280 Å². The molecule has 1 fully saturated rings. The number of para-hydroxylation sites is 1. The third kappa shape index (κ3) is 7.26. The Bertz CT molecular complexity index is 2080. The van der Waals surface area contributed by atoms with Gasteiger partial charge in [-0.2, -0.15) is 0 Å². The van der Waals surface area contributed by atoms with Crippen molar-refractivity contribution in [2.45, 2.75) is 0 Å². The van der Waals surface area contributed by atoms with E-state index in [9.17, 15) is 13.6 Å². The lowest BCUT2D eigenvalue weighted by Crippen LogP contribution is -2.36. The van der Waals surface area contributed by atoms with Crippen LogP contribution in [-0.2, 0) is 9.47 Å². The highest BCUT2D eigenvalue weighted by Crippen LogP contribution is 2.35. The fourth-order valence-electron chi connectivity index (χ4n) is 5.34. The number of ether oxygens (including phenoxy) is 3. The maximum absolute atomic E-state index is 12.2. The summed E-state index contributed by atoms with van der Waals surface area (Å²) >= 11 is 0. The minimum absolute atomic E-state index is 0.408. The smallest absolute Gasteiger partial charge is 0.337 e. The molecule has 0 spiro atoms. The van der Waals surface area contributed by atoms with Gasteiger partial charge in [0, 0.05) is 42.8 Å². The van der Waals surface area contributed by atoms with E-state index in [1.165, 1.54) is 13.2 Å². The Hall–Kier alpha value is -6.08. The molecule has 3 aromatic heterocycles. The van der Waals surface area contributed by atoms with Crippen LogP contribution in [0.4, 0.5) is 31.8 Å². The van der Waals surface area contributed by atoms with Crippen molar-refractivity contribution >= 4 is 34.6 Å². The first-order valence-corrected chi connectivity index (χ1v) is 15.3. The largest absolute Gasteiger partial charge is 0.494 e. The molecule has 3 N–H and O–H groups in total. The van der Waals surface area contributed by atoms with Gasteiger partial charge < -0.3 is 30.2 Å². The highest BCUT2D eigenvalue weighted by Gasteiger charge is 2.20. The maximum Gasteiger partial charge on any atom is 0.337 e. The van der Waals surface area contributed by atoms with Gasteiger partial charge >= 0.3 is 5.97 Å². The van der Waals surface area contributed by atoms with Gasteiger partial charge in [0.2, 0.25) is 5.95 Å². The number of methoxy groups -OCH3 is 2. The summed E-state index contributed by atoms with van der Waals surface area (Å²) in [7, 11) is 3.01. The lowest BCUT2D eigenvalue weighted by molar-refractivity contribution is 0.0600. The van der Waals surface area contributed by atoms with Crippen LogP contribution in [0.2, 0.25) is 0 Å². The van der Waals surface area contributed by atoms with E-state index in [1.54, 1.807) is 25.4 Å². The second kappa shape index (κ2) is 14.8. The average molecular weight is 666 g/mol. The van der Waals surface area contributed by atoms with Gasteiger partial charge in [-0.15, -0.1) is 0 Å². The number of esters is 1. The summed E-state index contributed by atoms with van der Waals surface area (Å²) in [5, 5.41) is 3.31. The topological polar surface area (TPSA) is 129 Å². The fraction of sp³-hybridized carbons (Fsp3) is 0.167. The molecule has 4 heterocycles. The molecule has 49 heavy (non-hydrogen) atoms. The molecule has 0 unspecified atom stereocenters. The quantitative estimate of drug-likeness (QED) is 0.146. The summed E-state index contributed by atoms with van der Waals surface area (Å²) in [6.45, 7) is 3.10. The SMILES string of the molecule is COC(=O)c1cccc(-c2nc3ccccn3c2-c2ccnc(Nc3ccc(N4CCOCC4)cc3OC)n2)c1.Nc1c(F)cccc1F. The van der Waals surface area contributed by atoms with E-state index in [2.05, 4.69) is 21.3 Å². The monoisotopic (exact) mass is 665 g/mol. The number of halogens is 2. The molecule has 0 atom stereocenters. The van der Waals surface area contributed by atoms with Crippen molar-refractivity contribution in [1.82, 2.24) is 19.4 Å². The normalized spacial score (nSPS) is 12.6. The standard InChI is InChI=1S/C30H28N6O4.C6H5F2N/c1-38-25-19-22(35-14-16-40-17-15-35)9-10-23(25)32-30-31-12-11-24(33-30)28-27(34-26-8-3-4-13-36(26)28)20-6-5-7-21(18-20)29(37)39-2;7-4-2-1-3-5(8)6(4)9/h3-13,18-19H,14-17H2,1-2H3,(H,31,32,33);1-3H,9H2. The average Bonchev–Trinajstić information content (AvgIpc) is 3.54. The molecule has 1 aliphatic heterocycles. The number of hydrogen-bond donors (Lipinski definition) is 2. The van der Waals surface area contributed by atoms with Crippen molar-refractivity contribution in [2.75, 3.05) is 56.5 Å². The van der Waals surface area contributed by atoms with Crippen LogP contribution in [0.15, 0.2) is 97.3 Å². The molecule has 13 heteroatoms. The van der Waals surface area contributed by atoms with Crippen molar-refractivity contribution in [3.05, 3.63) is 115 Å². The van der Waals surface area contributed by atoms with E-state index in [1.807, 2.05) is 59.1 Å². The minimum Gasteiger partial charge on any atom is -0.494 e. The molecule has 0 saturated carbocycles. The Morgan fingerprint density at radius 3 is 2.43 bits per heavy atom. The molecule has 250 valence electrons. The number of nitrogens with two attached hydrogens (primary N) is 1. The number of fused-ring (bicyclic) bond motifs is 1. The Kier molecular flexibility index (Phi) is 9.91. The van der Waals surface area contributed by atoms with Gasteiger partial charge in [0.25, 0.3) is 0 Å². The number of aromatic nitrogens is 4. The van der Waals surface area contributed by atoms with E-state index in [4.69, 9.17) is 29.9 Å². The van der Waals surface area contributed by atoms with Gasteiger partial charge in [-0.25, -0.2) is 28.5 Å². The zero-order chi connectivity index (χ0) is 34.3. The highest BCUT2D eigenvalue weighted by atomic mass is 19.1. The number of pyridine rings is 1. The second-order valence-electron chi connectivity index (χ2n) is 10.8. The fourth-order valence-corrected chi connectivity index (χ4v) is 5.34. The number of imidazole rings is 1. The number of benzene rings is 3. The number of carbonyl (C=O) groups is 1. The van der Waals surface area contributed by atoms with E-state index in [0.717, 1.165) is 53.5 Å². The summed E-state index contributed by atoms with van der Waals surface area (Å²) < 4.78 is 42.5. The number of rotatable bonds is 7. The number of nitrogen functional groups attached to an aromatic ring is 1. The molecular weight excluding hydrogens is 632 g/mol. The van der Waals surface area contributed by atoms with E-state index >= 15 is 0 Å². The Balaban J connectivity index is 0.000000403. The van der Waals surface area contributed by atoms with Gasteiger partial charge in [-0.05, 0) is 54.6 Å².